The number of benzene rings is 3. The highest BCUT2D eigenvalue weighted by molar-refractivity contribution is 7.92. The zero-order valence-corrected chi connectivity index (χ0v) is 19.1. The smallest absolute Gasteiger partial charge is 0.263 e. The molecule has 0 aliphatic carbocycles. The number of carbonyl (C=O) groups is 1. The number of nitrogens with zero attached hydrogens (tertiary/aromatic N) is 1. The largest absolute Gasteiger partial charge is 0.486 e. The van der Waals surface area contributed by atoms with Gasteiger partial charge in [0.1, 0.15) is 18.5 Å². The maximum absolute atomic E-state index is 13.3. The molecule has 34 heavy (non-hydrogen) atoms. The van der Waals surface area contributed by atoms with E-state index in [1.54, 1.807) is 54.6 Å². The molecule has 3 aromatic carbocycles. The lowest BCUT2D eigenvalue weighted by molar-refractivity contribution is -0.128. The van der Waals surface area contributed by atoms with E-state index in [1.807, 2.05) is 24.3 Å². The van der Waals surface area contributed by atoms with Gasteiger partial charge in [0.2, 0.25) is 10.0 Å². The Morgan fingerprint density at radius 2 is 1.56 bits per heavy atom. The molecule has 2 aliphatic heterocycles. The van der Waals surface area contributed by atoms with Gasteiger partial charge in [0, 0.05) is 0 Å². The minimum Gasteiger partial charge on any atom is -0.486 e. The van der Waals surface area contributed by atoms with Crippen molar-refractivity contribution in [3.63, 3.8) is 0 Å². The molecular formula is C25H24N2O6S. The van der Waals surface area contributed by atoms with Gasteiger partial charge in [-0.1, -0.05) is 54.6 Å². The first-order valence-electron chi connectivity index (χ1n) is 11.0. The second kappa shape index (κ2) is 9.26. The predicted octanol–water partition coefficient (Wildman–Crippen LogP) is 2.74. The first kappa shape index (κ1) is 22.1. The first-order valence-corrected chi connectivity index (χ1v) is 12.6. The average molecular weight is 481 g/mol. The predicted molar refractivity (Wildman–Crippen MR) is 127 cm³/mol. The summed E-state index contributed by atoms with van der Waals surface area (Å²) in [4.78, 5) is 13.0. The zero-order chi connectivity index (χ0) is 23.5. The van der Waals surface area contributed by atoms with Crippen LogP contribution < -0.4 is 23.8 Å². The molecule has 2 atom stereocenters. The Kier molecular flexibility index (Phi) is 6.02. The highest BCUT2D eigenvalue weighted by atomic mass is 32.2. The summed E-state index contributed by atoms with van der Waals surface area (Å²) in [5.74, 6) is 1.03. The third-order valence-electron chi connectivity index (χ3n) is 5.63. The Labute approximate surface area is 198 Å². The molecule has 2 aliphatic rings. The SMILES string of the molecule is O=C(NC[C@@H]1COc2ccccc2O1)[C@@H]1CN(S(=O)(=O)Cc2ccccc2)c2ccccc2O1. The molecule has 9 heteroatoms. The van der Waals surface area contributed by atoms with Crippen LogP contribution in [0.2, 0.25) is 0 Å². The van der Waals surface area contributed by atoms with Crippen LogP contribution in [0.5, 0.6) is 17.2 Å². The zero-order valence-electron chi connectivity index (χ0n) is 18.3. The molecule has 176 valence electrons. The van der Waals surface area contributed by atoms with Crippen molar-refractivity contribution in [1.82, 2.24) is 5.32 Å². The molecule has 0 spiro atoms. The summed E-state index contributed by atoms with van der Waals surface area (Å²) in [6.07, 6.45) is -1.37. The van der Waals surface area contributed by atoms with Crippen LogP contribution in [-0.2, 0) is 20.6 Å². The Morgan fingerprint density at radius 3 is 2.35 bits per heavy atom. The number of para-hydroxylation sites is 4. The van der Waals surface area contributed by atoms with Gasteiger partial charge in [0.05, 0.1) is 24.5 Å². The molecule has 1 amide bonds. The summed E-state index contributed by atoms with van der Waals surface area (Å²) in [5.41, 5.74) is 1.09. The van der Waals surface area contributed by atoms with Crippen LogP contribution in [0.4, 0.5) is 5.69 Å². The van der Waals surface area contributed by atoms with Crippen molar-refractivity contribution in [3.05, 3.63) is 84.4 Å². The Bertz CT molecular complexity index is 1280. The summed E-state index contributed by atoms with van der Waals surface area (Å²) in [7, 11) is -3.76. The fourth-order valence-electron chi connectivity index (χ4n) is 3.96. The lowest BCUT2D eigenvalue weighted by Crippen LogP contribution is -2.52. The molecular weight excluding hydrogens is 456 g/mol. The minimum atomic E-state index is -3.76. The van der Waals surface area contributed by atoms with Gasteiger partial charge in [-0.3, -0.25) is 9.10 Å². The fraction of sp³-hybridized carbons (Fsp3) is 0.240. The van der Waals surface area contributed by atoms with Gasteiger partial charge in [-0.15, -0.1) is 0 Å². The summed E-state index contributed by atoms with van der Waals surface area (Å²) in [5, 5.41) is 2.81. The number of anilines is 1. The van der Waals surface area contributed by atoms with E-state index in [9.17, 15) is 13.2 Å². The van der Waals surface area contributed by atoms with Gasteiger partial charge in [0.15, 0.2) is 17.6 Å². The Hall–Kier alpha value is -3.72. The van der Waals surface area contributed by atoms with Crippen molar-refractivity contribution in [2.45, 2.75) is 18.0 Å². The van der Waals surface area contributed by atoms with Gasteiger partial charge in [-0.2, -0.15) is 0 Å². The van der Waals surface area contributed by atoms with E-state index < -0.39 is 22.0 Å². The van der Waals surface area contributed by atoms with Crippen molar-refractivity contribution < 1.29 is 27.4 Å². The molecule has 0 saturated carbocycles. The monoisotopic (exact) mass is 480 g/mol. The number of rotatable bonds is 6. The topological polar surface area (TPSA) is 94.2 Å². The number of fused-ring (bicyclic) bond motifs is 2. The van der Waals surface area contributed by atoms with Crippen LogP contribution >= 0.6 is 0 Å². The van der Waals surface area contributed by atoms with Crippen molar-refractivity contribution in [2.75, 3.05) is 24.0 Å². The molecule has 0 bridgehead atoms. The summed E-state index contributed by atoms with van der Waals surface area (Å²) >= 11 is 0. The van der Waals surface area contributed by atoms with E-state index in [-0.39, 0.29) is 24.9 Å². The van der Waals surface area contributed by atoms with Gasteiger partial charge < -0.3 is 19.5 Å². The van der Waals surface area contributed by atoms with E-state index in [0.29, 0.717) is 35.1 Å². The number of amides is 1. The van der Waals surface area contributed by atoms with Crippen molar-refractivity contribution >= 4 is 21.6 Å². The van der Waals surface area contributed by atoms with Crippen LogP contribution in [0.25, 0.3) is 0 Å². The van der Waals surface area contributed by atoms with Crippen molar-refractivity contribution in [1.29, 1.82) is 0 Å². The second-order valence-electron chi connectivity index (χ2n) is 8.09. The molecule has 8 nitrogen and oxygen atoms in total. The lowest BCUT2D eigenvalue weighted by Gasteiger charge is -2.35. The average Bonchev–Trinajstić information content (AvgIpc) is 2.86. The molecule has 0 fully saturated rings. The van der Waals surface area contributed by atoms with Crippen LogP contribution in [0.3, 0.4) is 0 Å². The van der Waals surface area contributed by atoms with Crippen LogP contribution in [0.15, 0.2) is 78.9 Å². The van der Waals surface area contributed by atoms with E-state index >= 15 is 0 Å². The Morgan fingerprint density at radius 1 is 0.882 bits per heavy atom. The number of sulfonamides is 1. The lowest BCUT2D eigenvalue weighted by atomic mass is 10.2. The molecule has 3 aromatic rings. The standard InChI is InChI=1S/C25H24N2O6S/c28-25(26-14-19-16-31-22-12-6-7-13-23(22)32-19)24-15-27(20-10-4-5-11-21(20)33-24)34(29,30)17-18-8-2-1-3-9-18/h1-13,19,24H,14-17H2,(H,26,28)/t19-,24+/m1/s1. The Balaban J connectivity index is 1.29. The molecule has 0 aromatic heterocycles. The fourth-order valence-corrected chi connectivity index (χ4v) is 5.54. The van der Waals surface area contributed by atoms with E-state index in [0.717, 1.165) is 0 Å². The summed E-state index contributed by atoms with van der Waals surface area (Å²) in [6, 6.07) is 23.1. The van der Waals surface area contributed by atoms with Gasteiger partial charge >= 0.3 is 0 Å². The van der Waals surface area contributed by atoms with Gasteiger partial charge in [0.25, 0.3) is 5.91 Å². The van der Waals surface area contributed by atoms with Crippen LogP contribution in [0.1, 0.15) is 5.56 Å². The number of ether oxygens (including phenoxy) is 3. The van der Waals surface area contributed by atoms with Crippen molar-refractivity contribution in [3.8, 4) is 17.2 Å². The number of nitrogens with one attached hydrogen (secondary N) is 1. The van der Waals surface area contributed by atoms with E-state index in [2.05, 4.69) is 5.32 Å². The number of hydrogen-bond donors (Lipinski definition) is 1. The van der Waals surface area contributed by atoms with Crippen LogP contribution in [0, 0.1) is 0 Å². The quantitative estimate of drug-likeness (QED) is 0.583. The molecule has 0 radical (unpaired) electrons. The summed E-state index contributed by atoms with van der Waals surface area (Å²) < 4.78 is 45.3. The van der Waals surface area contributed by atoms with E-state index in [4.69, 9.17) is 14.2 Å². The highest BCUT2D eigenvalue weighted by Crippen LogP contribution is 2.36. The highest BCUT2D eigenvalue weighted by Gasteiger charge is 2.37. The maximum atomic E-state index is 13.3. The molecule has 0 saturated heterocycles. The molecule has 5 rings (SSSR count). The molecule has 2 heterocycles. The number of carbonyl (C=O) groups excluding carboxylic acids is 1. The normalized spacial score (nSPS) is 19.0. The second-order valence-corrected chi connectivity index (χ2v) is 9.98. The third-order valence-corrected chi connectivity index (χ3v) is 7.34. The van der Waals surface area contributed by atoms with Gasteiger partial charge in [-0.25, -0.2) is 8.42 Å². The minimum absolute atomic E-state index is 0.122. The van der Waals surface area contributed by atoms with E-state index in [1.165, 1.54) is 4.31 Å². The molecule has 1 N–H and O–H groups in total. The molecule has 0 unspecified atom stereocenters. The van der Waals surface area contributed by atoms with Gasteiger partial charge in [-0.05, 0) is 29.8 Å². The maximum Gasteiger partial charge on any atom is 0.263 e. The third kappa shape index (κ3) is 4.65. The van der Waals surface area contributed by atoms with Crippen molar-refractivity contribution in [2.24, 2.45) is 0 Å². The number of hydrogen-bond acceptors (Lipinski definition) is 6. The van der Waals surface area contributed by atoms with Crippen LogP contribution in [-0.4, -0.2) is 46.2 Å². The first-order chi connectivity index (χ1) is 16.5. The summed E-state index contributed by atoms with van der Waals surface area (Å²) in [6.45, 7) is 0.373.